The number of benzene rings is 1. The normalized spacial score (nSPS) is 12.6. The third kappa shape index (κ3) is 2.74. The molecule has 0 aliphatic carbocycles. The lowest BCUT2D eigenvalue weighted by molar-refractivity contribution is 0.104. The quantitative estimate of drug-likeness (QED) is 0.797. The summed E-state index contributed by atoms with van der Waals surface area (Å²) < 4.78 is 5.52. The molecule has 0 saturated carbocycles. The first-order valence-electron chi connectivity index (χ1n) is 5.02. The second-order valence-electron chi connectivity index (χ2n) is 3.57. The molecule has 2 heteroatoms. The van der Waals surface area contributed by atoms with Gasteiger partial charge in [-0.3, -0.25) is 0 Å². The highest BCUT2D eigenvalue weighted by Gasteiger charge is 2.04. The number of aliphatic hydroxyl groups is 1. The molecule has 2 nitrogen and oxygen atoms in total. The Balaban J connectivity index is 2.63. The van der Waals surface area contributed by atoms with E-state index in [9.17, 15) is 5.11 Å². The van der Waals surface area contributed by atoms with Crippen molar-refractivity contribution in [3.63, 3.8) is 0 Å². The number of hydrogen-bond acceptors (Lipinski definition) is 2. The molecule has 0 aliphatic rings. The van der Waals surface area contributed by atoms with E-state index in [0.29, 0.717) is 6.61 Å². The molecule has 1 aromatic carbocycles. The molecular formula is C12H18O2. The molecule has 1 aromatic rings. The molecule has 1 unspecified atom stereocenters. The monoisotopic (exact) mass is 194 g/mol. The Bertz CT molecular complexity index is 294. The molecule has 0 fully saturated rings. The van der Waals surface area contributed by atoms with Crippen molar-refractivity contribution in [1.29, 1.82) is 0 Å². The molecule has 0 heterocycles. The Morgan fingerprint density at radius 2 is 2.07 bits per heavy atom. The van der Waals surface area contributed by atoms with Crippen LogP contribution in [0.1, 0.15) is 24.5 Å². The average molecular weight is 194 g/mol. The van der Waals surface area contributed by atoms with E-state index in [2.05, 4.69) is 13.0 Å². The van der Waals surface area contributed by atoms with Gasteiger partial charge in [-0.2, -0.15) is 0 Å². The van der Waals surface area contributed by atoms with Crippen molar-refractivity contribution in [2.75, 3.05) is 6.61 Å². The van der Waals surface area contributed by atoms with Crippen LogP contribution in [0, 0.1) is 13.8 Å². The first-order chi connectivity index (χ1) is 6.65. The molecule has 0 spiro atoms. The van der Waals surface area contributed by atoms with E-state index in [4.69, 9.17) is 4.74 Å². The molecular weight excluding hydrogens is 176 g/mol. The standard InChI is InChI=1S/C12H18O2/c1-4-11(13)8-14-12-7-5-6-9(2)10(12)3/h5-7,11,13H,4,8H2,1-3H3. The van der Waals surface area contributed by atoms with Crippen molar-refractivity contribution in [3.8, 4) is 5.75 Å². The molecule has 0 amide bonds. The molecule has 1 atom stereocenters. The fourth-order valence-corrected chi connectivity index (χ4v) is 1.18. The van der Waals surface area contributed by atoms with Gasteiger partial charge in [0.2, 0.25) is 0 Å². The van der Waals surface area contributed by atoms with Crippen LogP contribution in [0.15, 0.2) is 18.2 Å². The van der Waals surface area contributed by atoms with Crippen LogP contribution in [0.25, 0.3) is 0 Å². The molecule has 0 aliphatic heterocycles. The third-order valence-electron chi connectivity index (χ3n) is 2.46. The van der Waals surface area contributed by atoms with E-state index in [1.165, 1.54) is 5.56 Å². The Hall–Kier alpha value is -1.02. The van der Waals surface area contributed by atoms with Crippen molar-refractivity contribution in [2.45, 2.75) is 33.3 Å². The minimum Gasteiger partial charge on any atom is -0.491 e. The summed E-state index contributed by atoms with van der Waals surface area (Å²) in [5.41, 5.74) is 2.37. The van der Waals surface area contributed by atoms with Gasteiger partial charge in [0.1, 0.15) is 12.4 Å². The topological polar surface area (TPSA) is 29.5 Å². The van der Waals surface area contributed by atoms with E-state index in [-0.39, 0.29) is 6.10 Å². The van der Waals surface area contributed by atoms with Crippen molar-refractivity contribution in [1.82, 2.24) is 0 Å². The molecule has 0 bridgehead atoms. The third-order valence-corrected chi connectivity index (χ3v) is 2.46. The lowest BCUT2D eigenvalue weighted by Gasteiger charge is -2.13. The van der Waals surface area contributed by atoms with Gasteiger partial charge in [-0.25, -0.2) is 0 Å². The van der Waals surface area contributed by atoms with Gasteiger partial charge >= 0.3 is 0 Å². The smallest absolute Gasteiger partial charge is 0.122 e. The van der Waals surface area contributed by atoms with E-state index >= 15 is 0 Å². The summed E-state index contributed by atoms with van der Waals surface area (Å²) in [6.45, 7) is 6.40. The van der Waals surface area contributed by atoms with E-state index < -0.39 is 0 Å². The van der Waals surface area contributed by atoms with Crippen LogP contribution < -0.4 is 4.74 Å². The second kappa shape index (κ2) is 5.01. The average Bonchev–Trinajstić information content (AvgIpc) is 2.20. The fourth-order valence-electron chi connectivity index (χ4n) is 1.18. The predicted molar refractivity (Wildman–Crippen MR) is 57.7 cm³/mol. The van der Waals surface area contributed by atoms with Crippen molar-refractivity contribution >= 4 is 0 Å². The molecule has 0 aromatic heterocycles. The van der Waals surface area contributed by atoms with Gasteiger partial charge in [0.25, 0.3) is 0 Å². The van der Waals surface area contributed by atoms with Gasteiger partial charge in [-0.1, -0.05) is 19.1 Å². The SMILES string of the molecule is CCC(O)COc1cccc(C)c1C. The zero-order valence-corrected chi connectivity index (χ0v) is 9.08. The number of hydrogen-bond donors (Lipinski definition) is 1. The zero-order valence-electron chi connectivity index (χ0n) is 9.08. The number of aryl methyl sites for hydroxylation is 1. The Kier molecular flexibility index (Phi) is 3.96. The summed E-state index contributed by atoms with van der Waals surface area (Å²) >= 11 is 0. The van der Waals surface area contributed by atoms with Gasteiger partial charge < -0.3 is 9.84 Å². The van der Waals surface area contributed by atoms with Crippen LogP contribution in [0.5, 0.6) is 5.75 Å². The minimum absolute atomic E-state index is 0.366. The summed E-state index contributed by atoms with van der Waals surface area (Å²) in [6, 6.07) is 5.96. The van der Waals surface area contributed by atoms with E-state index in [1.807, 2.05) is 26.0 Å². The maximum Gasteiger partial charge on any atom is 0.122 e. The van der Waals surface area contributed by atoms with Crippen LogP contribution in [-0.4, -0.2) is 17.8 Å². The van der Waals surface area contributed by atoms with Crippen LogP contribution >= 0.6 is 0 Å². The summed E-state index contributed by atoms with van der Waals surface area (Å²) in [6.07, 6.45) is 0.361. The van der Waals surface area contributed by atoms with Gasteiger partial charge in [-0.15, -0.1) is 0 Å². The van der Waals surface area contributed by atoms with Crippen LogP contribution in [-0.2, 0) is 0 Å². The van der Waals surface area contributed by atoms with Gasteiger partial charge in [-0.05, 0) is 37.5 Å². The maximum absolute atomic E-state index is 9.35. The lowest BCUT2D eigenvalue weighted by Crippen LogP contribution is -2.16. The predicted octanol–water partition coefficient (Wildman–Crippen LogP) is 2.45. The first kappa shape index (κ1) is 11.1. The summed E-state index contributed by atoms with van der Waals surface area (Å²) in [5, 5.41) is 9.35. The fraction of sp³-hybridized carbons (Fsp3) is 0.500. The number of ether oxygens (including phenoxy) is 1. The zero-order chi connectivity index (χ0) is 10.6. The molecule has 1 N–H and O–H groups in total. The van der Waals surface area contributed by atoms with Crippen molar-refractivity contribution < 1.29 is 9.84 Å². The largest absolute Gasteiger partial charge is 0.491 e. The van der Waals surface area contributed by atoms with E-state index in [0.717, 1.165) is 17.7 Å². The molecule has 78 valence electrons. The number of rotatable bonds is 4. The van der Waals surface area contributed by atoms with Crippen LogP contribution in [0.4, 0.5) is 0 Å². The minimum atomic E-state index is -0.366. The first-order valence-corrected chi connectivity index (χ1v) is 5.02. The summed E-state index contributed by atoms with van der Waals surface area (Å²) in [4.78, 5) is 0. The van der Waals surface area contributed by atoms with Gasteiger partial charge in [0.05, 0.1) is 6.10 Å². The molecule has 0 saturated heterocycles. The highest BCUT2D eigenvalue weighted by molar-refractivity contribution is 5.38. The van der Waals surface area contributed by atoms with Crippen molar-refractivity contribution in [2.24, 2.45) is 0 Å². The van der Waals surface area contributed by atoms with Crippen LogP contribution in [0.3, 0.4) is 0 Å². The van der Waals surface area contributed by atoms with Gasteiger partial charge in [0, 0.05) is 0 Å². The molecule has 0 radical (unpaired) electrons. The Morgan fingerprint density at radius 1 is 1.36 bits per heavy atom. The lowest BCUT2D eigenvalue weighted by atomic mass is 10.1. The molecule has 14 heavy (non-hydrogen) atoms. The summed E-state index contributed by atoms with van der Waals surface area (Å²) in [5.74, 6) is 0.873. The highest BCUT2D eigenvalue weighted by Crippen LogP contribution is 2.20. The molecule has 1 rings (SSSR count). The Morgan fingerprint density at radius 3 is 2.71 bits per heavy atom. The second-order valence-corrected chi connectivity index (χ2v) is 3.57. The summed E-state index contributed by atoms with van der Waals surface area (Å²) in [7, 11) is 0. The highest BCUT2D eigenvalue weighted by atomic mass is 16.5. The maximum atomic E-state index is 9.35. The van der Waals surface area contributed by atoms with Gasteiger partial charge in [0.15, 0.2) is 0 Å². The van der Waals surface area contributed by atoms with E-state index in [1.54, 1.807) is 0 Å². The van der Waals surface area contributed by atoms with Crippen LogP contribution in [0.2, 0.25) is 0 Å². The Labute approximate surface area is 85.5 Å². The number of aliphatic hydroxyl groups excluding tert-OH is 1. The van der Waals surface area contributed by atoms with Crippen molar-refractivity contribution in [3.05, 3.63) is 29.3 Å².